The van der Waals surface area contributed by atoms with Gasteiger partial charge in [-0.3, -0.25) is 0 Å². The van der Waals surface area contributed by atoms with Crippen molar-refractivity contribution in [2.75, 3.05) is 11.9 Å². The number of alkyl halides is 3. The first-order chi connectivity index (χ1) is 14.4. The van der Waals surface area contributed by atoms with Crippen molar-refractivity contribution in [2.24, 2.45) is 0 Å². The minimum atomic E-state index is -4.52. The van der Waals surface area contributed by atoms with Gasteiger partial charge in [-0.2, -0.15) is 13.2 Å². The van der Waals surface area contributed by atoms with Crippen molar-refractivity contribution in [3.05, 3.63) is 71.9 Å². The summed E-state index contributed by atoms with van der Waals surface area (Å²) in [6.45, 7) is 2.17. The fourth-order valence-corrected chi connectivity index (χ4v) is 3.89. The van der Waals surface area contributed by atoms with E-state index in [2.05, 4.69) is 16.9 Å². The molecule has 0 atom stereocenters. The molecule has 2 aromatic carbocycles. The molecule has 1 aromatic heterocycles. The van der Waals surface area contributed by atoms with Gasteiger partial charge in [-0.25, -0.2) is 9.97 Å². The number of hydrogen-bond acceptors (Lipinski definition) is 4. The molecule has 0 aliphatic heterocycles. The SMILES string of the molecule is CCCCCc1ccc(N(C)c2ncc(C(F)(F)F)c(Sc3ccccc3)n2)cc1. The molecule has 1 heterocycles. The smallest absolute Gasteiger partial charge is 0.314 e. The fraction of sp³-hybridized carbons (Fsp3) is 0.304. The van der Waals surface area contributed by atoms with E-state index < -0.39 is 11.7 Å². The van der Waals surface area contributed by atoms with Gasteiger partial charge in [0.05, 0.1) is 0 Å². The molecule has 7 heteroatoms. The van der Waals surface area contributed by atoms with E-state index in [1.165, 1.54) is 18.4 Å². The zero-order chi connectivity index (χ0) is 21.6. The zero-order valence-electron chi connectivity index (χ0n) is 17.0. The average molecular weight is 432 g/mol. The lowest BCUT2D eigenvalue weighted by atomic mass is 10.1. The molecule has 3 nitrogen and oxygen atoms in total. The number of nitrogens with zero attached hydrogens (tertiary/aromatic N) is 3. The van der Waals surface area contributed by atoms with Gasteiger partial charge in [-0.05, 0) is 42.7 Å². The lowest BCUT2D eigenvalue weighted by molar-refractivity contribution is -0.140. The summed E-state index contributed by atoms with van der Waals surface area (Å²) in [7, 11) is 1.76. The summed E-state index contributed by atoms with van der Waals surface area (Å²) in [4.78, 5) is 10.6. The number of rotatable bonds is 8. The fourth-order valence-electron chi connectivity index (χ4n) is 2.97. The van der Waals surface area contributed by atoms with Crippen LogP contribution in [0.2, 0.25) is 0 Å². The summed E-state index contributed by atoms with van der Waals surface area (Å²) in [5.74, 6) is 0.222. The molecule has 3 aromatic rings. The van der Waals surface area contributed by atoms with Crippen molar-refractivity contribution >= 4 is 23.4 Å². The largest absolute Gasteiger partial charge is 0.420 e. The summed E-state index contributed by atoms with van der Waals surface area (Å²) < 4.78 is 40.4. The number of aromatic nitrogens is 2. The molecule has 30 heavy (non-hydrogen) atoms. The van der Waals surface area contributed by atoms with Crippen molar-refractivity contribution in [1.29, 1.82) is 0 Å². The average Bonchev–Trinajstić information content (AvgIpc) is 2.74. The van der Waals surface area contributed by atoms with E-state index >= 15 is 0 Å². The molecule has 0 aliphatic rings. The second-order valence-corrected chi connectivity index (χ2v) is 8.05. The highest BCUT2D eigenvalue weighted by atomic mass is 32.2. The van der Waals surface area contributed by atoms with Crippen LogP contribution in [0.4, 0.5) is 24.8 Å². The van der Waals surface area contributed by atoms with Gasteiger partial charge in [0, 0.05) is 23.8 Å². The molecular formula is C23H24F3N3S. The minimum absolute atomic E-state index is 0.110. The summed E-state index contributed by atoms with van der Waals surface area (Å²) in [6.07, 6.45) is 0.885. The maximum Gasteiger partial charge on any atom is 0.420 e. The number of hydrogen-bond donors (Lipinski definition) is 0. The van der Waals surface area contributed by atoms with Gasteiger partial charge >= 0.3 is 6.18 Å². The predicted octanol–water partition coefficient (Wildman–Crippen LogP) is 7.15. The van der Waals surface area contributed by atoms with E-state index in [-0.39, 0.29) is 11.0 Å². The van der Waals surface area contributed by atoms with Crippen LogP contribution in [0.25, 0.3) is 0 Å². The molecule has 0 unspecified atom stereocenters. The molecule has 3 rings (SSSR count). The summed E-state index contributed by atoms with van der Waals surface area (Å²) in [5, 5.41) is -0.110. The van der Waals surface area contributed by atoms with Crippen LogP contribution < -0.4 is 4.90 Å². The molecular weight excluding hydrogens is 407 g/mol. The van der Waals surface area contributed by atoms with Crippen molar-refractivity contribution in [2.45, 2.75) is 48.7 Å². The van der Waals surface area contributed by atoms with Gasteiger partial charge in [0.15, 0.2) is 0 Å². The van der Waals surface area contributed by atoms with Crippen molar-refractivity contribution < 1.29 is 13.2 Å². The maximum absolute atomic E-state index is 13.5. The van der Waals surface area contributed by atoms with Gasteiger partial charge in [0.2, 0.25) is 5.95 Å². The summed E-state index contributed by atoms with van der Waals surface area (Å²) in [6, 6.07) is 16.9. The van der Waals surface area contributed by atoms with E-state index in [0.717, 1.165) is 36.5 Å². The molecule has 0 fully saturated rings. The highest BCUT2D eigenvalue weighted by Crippen LogP contribution is 2.39. The molecule has 0 N–H and O–H groups in total. The van der Waals surface area contributed by atoms with Crippen LogP contribution in [0.5, 0.6) is 0 Å². The topological polar surface area (TPSA) is 29.0 Å². The molecule has 0 saturated carbocycles. The van der Waals surface area contributed by atoms with Crippen molar-refractivity contribution in [1.82, 2.24) is 9.97 Å². The second kappa shape index (κ2) is 9.98. The Bertz CT molecular complexity index is 944. The van der Waals surface area contributed by atoms with Gasteiger partial charge in [0.1, 0.15) is 10.6 Å². The Morgan fingerprint density at radius 2 is 1.67 bits per heavy atom. The Hall–Kier alpha value is -2.54. The molecule has 0 bridgehead atoms. The van der Waals surface area contributed by atoms with Crippen molar-refractivity contribution in [3.8, 4) is 0 Å². The van der Waals surface area contributed by atoms with Gasteiger partial charge < -0.3 is 4.90 Å². The van der Waals surface area contributed by atoms with E-state index in [9.17, 15) is 13.2 Å². The van der Waals surface area contributed by atoms with E-state index in [4.69, 9.17) is 0 Å². The third kappa shape index (κ3) is 5.75. The van der Waals surface area contributed by atoms with Gasteiger partial charge in [0.25, 0.3) is 0 Å². The normalized spacial score (nSPS) is 11.5. The molecule has 158 valence electrons. The minimum Gasteiger partial charge on any atom is -0.314 e. The zero-order valence-corrected chi connectivity index (χ0v) is 17.8. The first-order valence-corrected chi connectivity index (χ1v) is 10.7. The molecule has 0 spiro atoms. The number of halogens is 3. The number of benzene rings is 2. The molecule has 0 amide bonds. The maximum atomic E-state index is 13.5. The van der Waals surface area contributed by atoms with Crippen LogP contribution in [0, 0.1) is 0 Å². The van der Waals surface area contributed by atoms with Crippen LogP contribution in [-0.2, 0) is 12.6 Å². The monoisotopic (exact) mass is 431 g/mol. The van der Waals surface area contributed by atoms with Gasteiger partial charge in [-0.1, -0.05) is 61.9 Å². The van der Waals surface area contributed by atoms with Crippen LogP contribution in [-0.4, -0.2) is 17.0 Å². The van der Waals surface area contributed by atoms with Crippen LogP contribution in [0.15, 0.2) is 70.7 Å². The van der Waals surface area contributed by atoms with E-state index in [1.807, 2.05) is 30.3 Å². The molecule has 0 saturated heterocycles. The van der Waals surface area contributed by atoms with E-state index in [1.54, 1.807) is 36.2 Å². The second-order valence-electron chi connectivity index (χ2n) is 6.98. The predicted molar refractivity (Wildman–Crippen MR) is 115 cm³/mol. The first kappa shape index (κ1) is 22.2. The quantitative estimate of drug-likeness (QED) is 0.280. The Kier molecular flexibility index (Phi) is 7.37. The van der Waals surface area contributed by atoms with E-state index in [0.29, 0.717) is 4.90 Å². The van der Waals surface area contributed by atoms with Gasteiger partial charge in [-0.15, -0.1) is 0 Å². The standard InChI is InChI=1S/C23H24F3N3S/c1-3-4-6-9-17-12-14-18(15-13-17)29(2)22-27-16-20(23(24,25)26)21(28-22)30-19-10-7-5-8-11-19/h5,7-8,10-16H,3-4,6,9H2,1-2H3. The van der Waals surface area contributed by atoms with Crippen LogP contribution in [0.1, 0.15) is 37.3 Å². The lowest BCUT2D eigenvalue weighted by Crippen LogP contribution is -2.16. The number of anilines is 2. The Balaban J connectivity index is 1.85. The Labute approximate surface area is 179 Å². The Morgan fingerprint density at radius 3 is 2.30 bits per heavy atom. The summed E-state index contributed by atoms with van der Waals surface area (Å²) in [5.41, 5.74) is 1.23. The van der Waals surface area contributed by atoms with Crippen molar-refractivity contribution in [3.63, 3.8) is 0 Å². The molecule has 0 radical (unpaired) electrons. The number of aryl methyl sites for hydroxylation is 1. The highest BCUT2D eigenvalue weighted by Gasteiger charge is 2.35. The Morgan fingerprint density at radius 1 is 0.967 bits per heavy atom. The first-order valence-electron chi connectivity index (χ1n) is 9.88. The van der Waals surface area contributed by atoms with Crippen LogP contribution >= 0.6 is 11.8 Å². The third-order valence-corrected chi connectivity index (χ3v) is 5.71. The lowest BCUT2D eigenvalue weighted by Gasteiger charge is -2.20. The molecule has 0 aliphatic carbocycles. The van der Waals surface area contributed by atoms with Crippen LogP contribution in [0.3, 0.4) is 0 Å². The highest BCUT2D eigenvalue weighted by molar-refractivity contribution is 7.99. The number of unbranched alkanes of at least 4 members (excludes halogenated alkanes) is 2. The third-order valence-electron chi connectivity index (χ3n) is 4.70. The summed E-state index contributed by atoms with van der Waals surface area (Å²) >= 11 is 0.984.